The highest BCUT2D eigenvalue weighted by Gasteiger charge is 2.36. The van der Waals surface area contributed by atoms with Gasteiger partial charge in [-0.25, -0.2) is 0 Å². The van der Waals surface area contributed by atoms with Gasteiger partial charge in [0.15, 0.2) is 0 Å². The summed E-state index contributed by atoms with van der Waals surface area (Å²) in [6, 6.07) is 5.53. The predicted molar refractivity (Wildman–Crippen MR) is 74.8 cm³/mol. The maximum absolute atomic E-state index is 6.17. The van der Waals surface area contributed by atoms with Crippen LogP contribution in [0.3, 0.4) is 0 Å². The molecule has 0 heterocycles. The second-order valence-electron chi connectivity index (χ2n) is 4.75. The number of hydrogen-bond acceptors (Lipinski definition) is 3. The van der Waals surface area contributed by atoms with Crippen LogP contribution in [0.1, 0.15) is 18.4 Å². The minimum absolute atomic E-state index is 0.0541. The molecule has 0 radical (unpaired) electrons. The smallest absolute Gasteiger partial charge is 0.0769 e. The molecule has 0 amide bonds. The molecule has 5 heteroatoms. The van der Waals surface area contributed by atoms with E-state index in [9.17, 15) is 0 Å². The lowest BCUT2D eigenvalue weighted by Gasteiger charge is -2.25. The van der Waals surface area contributed by atoms with E-state index in [1.165, 1.54) is 12.8 Å². The molecule has 1 aliphatic rings. The largest absolute Gasteiger partial charge is 0.379 e. The molecule has 0 aliphatic heterocycles. The summed E-state index contributed by atoms with van der Waals surface area (Å²) in [4.78, 5) is 0. The first-order valence-corrected chi connectivity index (χ1v) is 6.84. The monoisotopic (exact) mass is 288 g/mol. The molecule has 0 saturated heterocycles. The normalized spacial score (nSPS) is 18.7. The molecular formula is C13H18Cl2N2O. The molecular weight excluding hydrogens is 271 g/mol. The van der Waals surface area contributed by atoms with Gasteiger partial charge in [0, 0.05) is 17.2 Å². The Bertz CT molecular complexity index is 410. The summed E-state index contributed by atoms with van der Waals surface area (Å²) in [5, 5.41) is 1.40. The number of nitrogens with one attached hydrogen (secondary N) is 1. The van der Waals surface area contributed by atoms with Gasteiger partial charge in [0.25, 0.3) is 0 Å². The van der Waals surface area contributed by atoms with Gasteiger partial charge in [0.05, 0.1) is 12.1 Å². The minimum atomic E-state index is 0.0541. The van der Waals surface area contributed by atoms with Crippen LogP contribution in [0.5, 0.6) is 0 Å². The first-order valence-electron chi connectivity index (χ1n) is 6.08. The molecule has 3 nitrogen and oxygen atoms in total. The molecule has 100 valence electrons. The van der Waals surface area contributed by atoms with E-state index in [0.29, 0.717) is 22.4 Å². The van der Waals surface area contributed by atoms with Crippen molar-refractivity contribution in [3.63, 3.8) is 0 Å². The van der Waals surface area contributed by atoms with Crippen molar-refractivity contribution in [1.29, 1.82) is 0 Å². The van der Waals surface area contributed by atoms with Crippen LogP contribution in [-0.4, -0.2) is 19.3 Å². The van der Waals surface area contributed by atoms with Gasteiger partial charge >= 0.3 is 0 Å². The van der Waals surface area contributed by atoms with Gasteiger partial charge in [-0.05, 0) is 48.9 Å². The van der Waals surface area contributed by atoms with Crippen molar-refractivity contribution in [2.24, 2.45) is 11.8 Å². The number of rotatable bonds is 6. The SMILES string of the molecule is COC(C1CC1)C(Cc1cc(Cl)ccc1Cl)NN. The summed E-state index contributed by atoms with van der Waals surface area (Å²) < 4.78 is 5.55. The number of benzene rings is 1. The van der Waals surface area contributed by atoms with Gasteiger partial charge in [-0.15, -0.1) is 0 Å². The van der Waals surface area contributed by atoms with Crippen LogP contribution in [0, 0.1) is 5.92 Å². The zero-order valence-corrected chi connectivity index (χ0v) is 11.8. The Morgan fingerprint density at radius 3 is 2.72 bits per heavy atom. The van der Waals surface area contributed by atoms with E-state index in [2.05, 4.69) is 5.43 Å². The average Bonchev–Trinajstić information content (AvgIpc) is 3.17. The molecule has 0 spiro atoms. The molecule has 1 aromatic carbocycles. The van der Waals surface area contributed by atoms with Gasteiger partial charge in [-0.2, -0.15) is 0 Å². The van der Waals surface area contributed by atoms with E-state index in [1.54, 1.807) is 13.2 Å². The second kappa shape index (κ2) is 6.22. The molecule has 1 aliphatic carbocycles. The van der Waals surface area contributed by atoms with E-state index >= 15 is 0 Å². The van der Waals surface area contributed by atoms with E-state index < -0.39 is 0 Å². The predicted octanol–water partition coefficient (Wildman–Crippen LogP) is 2.79. The topological polar surface area (TPSA) is 47.3 Å². The fourth-order valence-corrected chi connectivity index (χ4v) is 2.71. The van der Waals surface area contributed by atoms with Crippen LogP contribution in [0.4, 0.5) is 0 Å². The van der Waals surface area contributed by atoms with Crippen LogP contribution in [0.25, 0.3) is 0 Å². The van der Waals surface area contributed by atoms with Crippen LogP contribution >= 0.6 is 23.2 Å². The van der Waals surface area contributed by atoms with Crippen molar-refractivity contribution < 1.29 is 4.74 Å². The maximum Gasteiger partial charge on any atom is 0.0769 e. The number of nitrogens with two attached hydrogens (primary N) is 1. The van der Waals surface area contributed by atoms with Crippen molar-refractivity contribution in [3.8, 4) is 0 Å². The van der Waals surface area contributed by atoms with Gasteiger partial charge in [0.1, 0.15) is 0 Å². The summed E-state index contributed by atoms with van der Waals surface area (Å²) in [7, 11) is 1.73. The van der Waals surface area contributed by atoms with Gasteiger partial charge in [-0.3, -0.25) is 11.3 Å². The van der Waals surface area contributed by atoms with Crippen LogP contribution in [0.2, 0.25) is 10.0 Å². The molecule has 2 atom stereocenters. The molecule has 0 bridgehead atoms. The Balaban J connectivity index is 2.11. The summed E-state index contributed by atoms with van der Waals surface area (Å²) in [6.45, 7) is 0. The van der Waals surface area contributed by atoms with Crippen molar-refractivity contribution in [3.05, 3.63) is 33.8 Å². The van der Waals surface area contributed by atoms with Crippen molar-refractivity contribution in [2.75, 3.05) is 7.11 Å². The first-order chi connectivity index (χ1) is 8.65. The molecule has 18 heavy (non-hydrogen) atoms. The molecule has 3 N–H and O–H groups in total. The molecule has 2 rings (SSSR count). The van der Waals surface area contributed by atoms with E-state index in [-0.39, 0.29) is 12.1 Å². The Morgan fingerprint density at radius 1 is 1.44 bits per heavy atom. The standard InChI is InChI=1S/C13H18Cl2N2O/c1-18-13(8-2-3-8)12(17-16)7-9-6-10(14)4-5-11(9)15/h4-6,8,12-13,17H,2-3,7,16H2,1H3. The quantitative estimate of drug-likeness (QED) is 0.625. The van der Waals surface area contributed by atoms with Gasteiger partial charge in [0.2, 0.25) is 0 Å². The molecule has 1 fully saturated rings. The average molecular weight is 289 g/mol. The molecule has 1 aromatic rings. The first kappa shape index (κ1) is 14.1. The zero-order chi connectivity index (χ0) is 13.1. The fraction of sp³-hybridized carbons (Fsp3) is 0.538. The van der Waals surface area contributed by atoms with Crippen LogP contribution in [-0.2, 0) is 11.2 Å². The Kier molecular flexibility index (Phi) is 4.87. The minimum Gasteiger partial charge on any atom is -0.379 e. The third kappa shape index (κ3) is 3.37. The Labute approximate surface area is 118 Å². The van der Waals surface area contributed by atoms with Gasteiger partial charge in [-0.1, -0.05) is 23.2 Å². The molecule has 0 aromatic heterocycles. The zero-order valence-electron chi connectivity index (χ0n) is 10.3. The van der Waals surface area contributed by atoms with Crippen molar-refractivity contribution >= 4 is 23.2 Å². The fourth-order valence-electron chi connectivity index (χ4n) is 2.32. The second-order valence-corrected chi connectivity index (χ2v) is 5.59. The lowest BCUT2D eigenvalue weighted by atomic mass is 9.98. The maximum atomic E-state index is 6.17. The lowest BCUT2D eigenvalue weighted by molar-refractivity contribution is 0.0511. The van der Waals surface area contributed by atoms with E-state index in [0.717, 1.165) is 5.56 Å². The molecule has 2 unspecified atom stereocenters. The van der Waals surface area contributed by atoms with Crippen LogP contribution < -0.4 is 11.3 Å². The third-order valence-electron chi connectivity index (χ3n) is 3.42. The number of methoxy groups -OCH3 is 1. The Hall–Kier alpha value is -0.320. The molecule has 1 saturated carbocycles. The van der Waals surface area contributed by atoms with Crippen molar-refractivity contribution in [2.45, 2.75) is 31.4 Å². The number of ether oxygens (including phenoxy) is 1. The highest BCUT2D eigenvalue weighted by Crippen LogP contribution is 2.36. The summed E-state index contributed by atoms with van der Waals surface area (Å²) in [5.74, 6) is 6.25. The third-order valence-corrected chi connectivity index (χ3v) is 4.02. The summed E-state index contributed by atoms with van der Waals surface area (Å²) in [5.41, 5.74) is 3.84. The van der Waals surface area contributed by atoms with E-state index in [4.69, 9.17) is 33.8 Å². The number of hydrogen-bond donors (Lipinski definition) is 2. The Morgan fingerprint density at radius 2 is 2.17 bits per heavy atom. The van der Waals surface area contributed by atoms with Gasteiger partial charge < -0.3 is 4.74 Å². The van der Waals surface area contributed by atoms with Crippen molar-refractivity contribution in [1.82, 2.24) is 5.43 Å². The lowest BCUT2D eigenvalue weighted by Crippen LogP contribution is -2.47. The van der Waals surface area contributed by atoms with Crippen LogP contribution in [0.15, 0.2) is 18.2 Å². The number of halogens is 2. The highest BCUT2D eigenvalue weighted by molar-refractivity contribution is 6.33. The number of hydrazine groups is 1. The summed E-state index contributed by atoms with van der Waals surface area (Å²) in [6.07, 6.45) is 3.26. The summed E-state index contributed by atoms with van der Waals surface area (Å²) >= 11 is 12.2. The van der Waals surface area contributed by atoms with E-state index in [1.807, 2.05) is 12.1 Å². The highest BCUT2D eigenvalue weighted by atomic mass is 35.5.